The number of benzene rings is 1. The van der Waals surface area contributed by atoms with Gasteiger partial charge in [-0.1, -0.05) is 37.3 Å². The van der Waals surface area contributed by atoms with Gasteiger partial charge in [0.05, 0.1) is 11.9 Å². The van der Waals surface area contributed by atoms with Crippen molar-refractivity contribution in [2.75, 3.05) is 0 Å². The number of thiophene rings is 1. The van der Waals surface area contributed by atoms with Crippen molar-refractivity contribution < 1.29 is 14.3 Å². The lowest BCUT2D eigenvalue weighted by molar-refractivity contribution is 0.0660. The van der Waals surface area contributed by atoms with E-state index in [1.807, 2.05) is 42.6 Å². The number of hydrogen-bond donors (Lipinski definition) is 1. The highest BCUT2D eigenvalue weighted by Gasteiger charge is 2.18. The van der Waals surface area contributed by atoms with E-state index >= 15 is 0 Å². The Labute approximate surface area is 158 Å². The largest absolute Gasteiger partial charge is 0.475 e. The molecule has 3 aromatic heterocycles. The molecular weight excluding hydrogens is 364 g/mol. The third kappa shape index (κ3) is 3.06. The van der Waals surface area contributed by atoms with Crippen LogP contribution in [0.3, 0.4) is 0 Å². The number of carboxylic acids is 1. The summed E-state index contributed by atoms with van der Waals surface area (Å²) in [6.45, 7) is 2.07. The third-order valence-electron chi connectivity index (χ3n) is 4.36. The summed E-state index contributed by atoms with van der Waals surface area (Å²) in [6.07, 6.45) is 0.580. The van der Waals surface area contributed by atoms with Crippen molar-refractivity contribution in [1.29, 1.82) is 0 Å². The van der Waals surface area contributed by atoms with Crippen LogP contribution in [0.1, 0.15) is 29.1 Å². The van der Waals surface area contributed by atoms with Crippen LogP contribution < -0.4 is 5.56 Å². The first-order valence-corrected chi connectivity index (χ1v) is 9.34. The van der Waals surface area contributed by atoms with Crippen LogP contribution in [0.5, 0.6) is 0 Å². The van der Waals surface area contributed by atoms with Crippen LogP contribution in [0, 0.1) is 0 Å². The van der Waals surface area contributed by atoms with Crippen molar-refractivity contribution in [3.63, 3.8) is 0 Å². The van der Waals surface area contributed by atoms with Crippen molar-refractivity contribution in [2.45, 2.75) is 19.9 Å². The molecule has 0 radical (unpaired) electrons. The van der Waals surface area contributed by atoms with Crippen molar-refractivity contribution in [3.8, 4) is 11.1 Å². The van der Waals surface area contributed by atoms with E-state index in [4.69, 9.17) is 9.52 Å². The van der Waals surface area contributed by atoms with E-state index in [1.54, 1.807) is 10.6 Å². The molecule has 0 aliphatic heterocycles. The summed E-state index contributed by atoms with van der Waals surface area (Å²) in [5.74, 6) is -0.239. The van der Waals surface area contributed by atoms with E-state index in [0.29, 0.717) is 28.2 Å². The number of aryl methyl sites for hydroxylation is 1. The van der Waals surface area contributed by atoms with Gasteiger partial charge in [0.1, 0.15) is 16.4 Å². The first kappa shape index (κ1) is 17.2. The molecule has 3 heterocycles. The highest BCUT2D eigenvalue weighted by atomic mass is 32.1. The summed E-state index contributed by atoms with van der Waals surface area (Å²) in [5.41, 5.74) is 1.67. The molecule has 7 heteroatoms. The average molecular weight is 380 g/mol. The van der Waals surface area contributed by atoms with Gasteiger partial charge < -0.3 is 9.52 Å². The molecule has 0 atom stereocenters. The fourth-order valence-electron chi connectivity index (χ4n) is 3.06. The molecule has 136 valence electrons. The fraction of sp³-hybridized carbons (Fsp3) is 0.150. The van der Waals surface area contributed by atoms with Crippen molar-refractivity contribution >= 4 is 27.5 Å². The maximum absolute atomic E-state index is 13.3. The van der Waals surface area contributed by atoms with Gasteiger partial charge in [-0.15, -0.1) is 11.3 Å². The van der Waals surface area contributed by atoms with E-state index in [-0.39, 0.29) is 17.9 Å². The zero-order valence-electron chi connectivity index (χ0n) is 14.5. The predicted octanol–water partition coefficient (Wildman–Crippen LogP) is 4.03. The lowest BCUT2D eigenvalue weighted by atomic mass is 10.1. The molecule has 6 nitrogen and oxygen atoms in total. The molecule has 4 aromatic rings. The minimum absolute atomic E-state index is 0.141. The molecule has 0 spiro atoms. The quantitative estimate of drug-likeness (QED) is 0.565. The summed E-state index contributed by atoms with van der Waals surface area (Å²) in [4.78, 5) is 29.7. The van der Waals surface area contributed by atoms with Crippen LogP contribution in [0.4, 0.5) is 0 Å². The van der Waals surface area contributed by atoms with Gasteiger partial charge >= 0.3 is 5.97 Å². The monoisotopic (exact) mass is 380 g/mol. The van der Waals surface area contributed by atoms with E-state index in [1.165, 1.54) is 17.4 Å². The Morgan fingerprint density at radius 3 is 2.67 bits per heavy atom. The molecule has 0 bridgehead atoms. The smallest absolute Gasteiger partial charge is 0.371 e. The fourth-order valence-corrected chi connectivity index (χ4v) is 4.02. The van der Waals surface area contributed by atoms with Gasteiger partial charge in [-0.05, 0) is 17.7 Å². The van der Waals surface area contributed by atoms with Crippen molar-refractivity contribution in [1.82, 2.24) is 9.55 Å². The Hall–Kier alpha value is -3.19. The molecule has 0 fully saturated rings. The number of carboxylic acid groups (broad SMARTS) is 1. The molecule has 0 unspecified atom stereocenters. The van der Waals surface area contributed by atoms with Gasteiger partial charge in [-0.25, -0.2) is 9.78 Å². The first-order valence-electron chi connectivity index (χ1n) is 8.46. The van der Waals surface area contributed by atoms with E-state index in [2.05, 4.69) is 4.98 Å². The van der Waals surface area contributed by atoms with E-state index in [0.717, 1.165) is 11.1 Å². The van der Waals surface area contributed by atoms with Gasteiger partial charge in [0.2, 0.25) is 5.76 Å². The number of carbonyl (C=O) groups is 1. The van der Waals surface area contributed by atoms with Crippen LogP contribution >= 0.6 is 11.3 Å². The number of rotatable bonds is 5. The first-order chi connectivity index (χ1) is 13.1. The second-order valence-electron chi connectivity index (χ2n) is 6.04. The molecule has 0 aliphatic rings. The van der Waals surface area contributed by atoms with Crippen LogP contribution in [-0.4, -0.2) is 20.6 Å². The standard InChI is InChI=1S/C20H16N2O4S/c1-2-16-21-18-17(14(11-27-18)12-6-4-3-5-7-12)19(23)22(16)10-13-8-9-15(26-13)20(24)25/h3-9,11H,2,10H2,1H3,(H,24,25). The summed E-state index contributed by atoms with van der Waals surface area (Å²) in [6, 6.07) is 12.7. The zero-order chi connectivity index (χ0) is 19.0. The number of aromatic carboxylic acids is 1. The lowest BCUT2D eigenvalue weighted by Crippen LogP contribution is -2.25. The van der Waals surface area contributed by atoms with E-state index < -0.39 is 5.97 Å². The molecule has 0 saturated heterocycles. The van der Waals surface area contributed by atoms with Gasteiger partial charge in [0, 0.05) is 17.4 Å². The zero-order valence-corrected chi connectivity index (χ0v) is 15.3. The van der Waals surface area contributed by atoms with Gasteiger partial charge in [0.15, 0.2) is 0 Å². The highest BCUT2D eigenvalue weighted by Crippen LogP contribution is 2.31. The number of nitrogens with zero attached hydrogens (tertiary/aromatic N) is 2. The maximum atomic E-state index is 13.3. The number of aromatic nitrogens is 2. The molecule has 0 aliphatic carbocycles. The summed E-state index contributed by atoms with van der Waals surface area (Å²) in [5, 5.41) is 11.6. The van der Waals surface area contributed by atoms with E-state index in [9.17, 15) is 9.59 Å². The second-order valence-corrected chi connectivity index (χ2v) is 6.90. The Bertz CT molecular complexity index is 1190. The number of furan rings is 1. The lowest BCUT2D eigenvalue weighted by Gasteiger charge is -2.10. The topological polar surface area (TPSA) is 85.3 Å². The minimum Gasteiger partial charge on any atom is -0.475 e. The SMILES string of the molecule is CCc1nc2scc(-c3ccccc3)c2c(=O)n1Cc1ccc(C(=O)O)o1. The Balaban J connectivity index is 1.87. The van der Waals surface area contributed by atoms with Crippen LogP contribution in [0.15, 0.2) is 57.1 Å². The minimum atomic E-state index is -1.14. The van der Waals surface area contributed by atoms with Crippen molar-refractivity contribution in [2.24, 2.45) is 0 Å². The Morgan fingerprint density at radius 1 is 1.22 bits per heavy atom. The maximum Gasteiger partial charge on any atom is 0.371 e. The molecule has 1 N–H and O–H groups in total. The number of fused-ring (bicyclic) bond motifs is 1. The molecule has 0 amide bonds. The van der Waals surface area contributed by atoms with Crippen LogP contribution in [0.25, 0.3) is 21.3 Å². The average Bonchev–Trinajstić information content (AvgIpc) is 3.32. The molecule has 27 heavy (non-hydrogen) atoms. The summed E-state index contributed by atoms with van der Waals surface area (Å²) < 4.78 is 6.89. The van der Waals surface area contributed by atoms with Crippen LogP contribution in [-0.2, 0) is 13.0 Å². The highest BCUT2D eigenvalue weighted by molar-refractivity contribution is 7.17. The Morgan fingerprint density at radius 2 is 2.00 bits per heavy atom. The van der Waals surface area contributed by atoms with Crippen LogP contribution in [0.2, 0.25) is 0 Å². The summed E-state index contributed by atoms with van der Waals surface area (Å²) >= 11 is 1.45. The van der Waals surface area contributed by atoms with Gasteiger partial charge in [-0.3, -0.25) is 9.36 Å². The molecule has 1 aromatic carbocycles. The van der Waals surface area contributed by atoms with Crippen molar-refractivity contribution in [3.05, 3.63) is 75.5 Å². The summed E-state index contributed by atoms with van der Waals surface area (Å²) in [7, 11) is 0. The third-order valence-corrected chi connectivity index (χ3v) is 5.23. The van der Waals surface area contributed by atoms with Gasteiger partial charge in [-0.2, -0.15) is 0 Å². The van der Waals surface area contributed by atoms with Gasteiger partial charge in [0.25, 0.3) is 5.56 Å². The molecular formula is C20H16N2O4S. The molecule has 0 saturated carbocycles. The predicted molar refractivity (Wildman–Crippen MR) is 103 cm³/mol. The molecule has 4 rings (SSSR count). The second kappa shape index (κ2) is 6.85. The Kier molecular flexibility index (Phi) is 4.37. The number of hydrogen-bond acceptors (Lipinski definition) is 5. The normalized spacial score (nSPS) is 11.1.